The monoisotopic (exact) mass is 216 g/mol. The number of unbranched alkanes of at least 4 members (excludes halogenated alkanes) is 1. The fraction of sp³-hybridized carbons (Fsp3) is 1.00. The van der Waals surface area contributed by atoms with Crippen molar-refractivity contribution in [1.82, 2.24) is 0 Å². The molecule has 0 radical (unpaired) electrons. The molecule has 0 rings (SSSR count). The van der Waals surface area contributed by atoms with Crippen molar-refractivity contribution in [3.8, 4) is 0 Å². The lowest BCUT2D eigenvalue weighted by atomic mass is 9.95. The fourth-order valence-electron chi connectivity index (χ4n) is 1.38. The zero-order valence-electron chi connectivity index (χ0n) is 11.0. The number of rotatable bonds is 7. The van der Waals surface area contributed by atoms with E-state index in [1.54, 1.807) is 0 Å². The average molecular weight is 216 g/mol. The maximum Gasteiger partial charge on any atom is 0.159 e. The first-order valence-electron chi connectivity index (χ1n) is 6.21. The highest BCUT2D eigenvalue weighted by molar-refractivity contribution is 4.65. The summed E-state index contributed by atoms with van der Waals surface area (Å²) in [5.74, 6) is 0.599. The fourth-order valence-corrected chi connectivity index (χ4v) is 1.38. The molecule has 2 unspecified atom stereocenters. The minimum atomic E-state index is -0.645. The Morgan fingerprint density at radius 3 is 2.20 bits per heavy atom. The second-order valence-electron chi connectivity index (χ2n) is 5.47. The van der Waals surface area contributed by atoms with Crippen molar-refractivity contribution in [1.29, 1.82) is 0 Å². The summed E-state index contributed by atoms with van der Waals surface area (Å²) in [6, 6.07) is 0. The molecule has 2 atom stereocenters. The van der Waals surface area contributed by atoms with Crippen molar-refractivity contribution in [3.63, 3.8) is 0 Å². The van der Waals surface area contributed by atoms with Crippen molar-refractivity contribution in [3.05, 3.63) is 0 Å². The van der Waals surface area contributed by atoms with Crippen LogP contribution in [0.4, 0.5) is 0 Å². The SMILES string of the molecule is CCCCC(CC)COC(O)C(C)(C)C. The molecule has 0 saturated carbocycles. The van der Waals surface area contributed by atoms with Gasteiger partial charge in [0.05, 0.1) is 6.61 Å². The molecular formula is C13H28O2. The highest BCUT2D eigenvalue weighted by atomic mass is 16.6. The van der Waals surface area contributed by atoms with E-state index < -0.39 is 6.29 Å². The molecule has 1 N–H and O–H groups in total. The van der Waals surface area contributed by atoms with Crippen LogP contribution in [-0.4, -0.2) is 18.0 Å². The van der Waals surface area contributed by atoms with Crippen molar-refractivity contribution >= 4 is 0 Å². The third-order valence-electron chi connectivity index (χ3n) is 2.77. The Morgan fingerprint density at radius 2 is 1.80 bits per heavy atom. The van der Waals surface area contributed by atoms with Gasteiger partial charge >= 0.3 is 0 Å². The minimum absolute atomic E-state index is 0.178. The van der Waals surface area contributed by atoms with E-state index in [9.17, 15) is 5.11 Å². The van der Waals surface area contributed by atoms with Gasteiger partial charge in [-0.1, -0.05) is 53.9 Å². The second-order valence-corrected chi connectivity index (χ2v) is 5.47. The van der Waals surface area contributed by atoms with E-state index in [-0.39, 0.29) is 5.41 Å². The zero-order valence-corrected chi connectivity index (χ0v) is 11.0. The molecule has 0 aliphatic rings. The van der Waals surface area contributed by atoms with Crippen LogP contribution < -0.4 is 0 Å². The normalized spacial score (nSPS) is 16.4. The summed E-state index contributed by atoms with van der Waals surface area (Å²) in [5, 5.41) is 9.73. The third kappa shape index (κ3) is 6.91. The van der Waals surface area contributed by atoms with Gasteiger partial charge in [0.2, 0.25) is 0 Å². The maximum absolute atomic E-state index is 9.73. The van der Waals surface area contributed by atoms with E-state index in [1.165, 1.54) is 19.3 Å². The van der Waals surface area contributed by atoms with Crippen LogP contribution in [-0.2, 0) is 4.74 Å². The van der Waals surface area contributed by atoms with Crippen LogP contribution in [0.1, 0.15) is 60.3 Å². The molecule has 0 aliphatic heterocycles. The van der Waals surface area contributed by atoms with Crippen LogP contribution >= 0.6 is 0 Å². The molecule has 92 valence electrons. The van der Waals surface area contributed by atoms with Crippen LogP contribution in [0, 0.1) is 11.3 Å². The van der Waals surface area contributed by atoms with Gasteiger partial charge < -0.3 is 9.84 Å². The average Bonchev–Trinajstić information content (AvgIpc) is 2.16. The number of ether oxygens (including phenoxy) is 1. The van der Waals surface area contributed by atoms with E-state index in [0.29, 0.717) is 12.5 Å². The molecule has 0 aliphatic carbocycles. The summed E-state index contributed by atoms with van der Waals surface area (Å²) < 4.78 is 5.51. The molecule has 0 amide bonds. The number of hydrogen-bond acceptors (Lipinski definition) is 2. The summed E-state index contributed by atoms with van der Waals surface area (Å²) in [7, 11) is 0. The van der Waals surface area contributed by atoms with E-state index in [2.05, 4.69) is 13.8 Å². The number of aliphatic hydroxyl groups excluding tert-OH is 1. The summed E-state index contributed by atoms with van der Waals surface area (Å²) >= 11 is 0. The van der Waals surface area contributed by atoms with E-state index in [1.807, 2.05) is 20.8 Å². The Kier molecular flexibility index (Phi) is 7.20. The molecule has 0 bridgehead atoms. The predicted molar refractivity (Wildman–Crippen MR) is 64.7 cm³/mol. The van der Waals surface area contributed by atoms with E-state index in [0.717, 1.165) is 6.42 Å². The van der Waals surface area contributed by atoms with Crippen molar-refractivity contribution in [2.75, 3.05) is 6.61 Å². The van der Waals surface area contributed by atoms with Gasteiger partial charge in [-0.2, -0.15) is 0 Å². The van der Waals surface area contributed by atoms with Gasteiger partial charge in [-0.25, -0.2) is 0 Å². The Balaban J connectivity index is 3.79. The molecule has 2 heteroatoms. The largest absolute Gasteiger partial charge is 0.368 e. The quantitative estimate of drug-likeness (QED) is 0.659. The van der Waals surface area contributed by atoms with E-state index in [4.69, 9.17) is 4.74 Å². The highest BCUT2D eigenvalue weighted by Gasteiger charge is 2.23. The van der Waals surface area contributed by atoms with Crippen molar-refractivity contribution in [2.24, 2.45) is 11.3 Å². The van der Waals surface area contributed by atoms with Crippen LogP contribution in [0.2, 0.25) is 0 Å². The predicted octanol–water partition coefficient (Wildman–Crippen LogP) is 3.58. The third-order valence-corrected chi connectivity index (χ3v) is 2.77. The van der Waals surface area contributed by atoms with Gasteiger partial charge in [0.1, 0.15) is 0 Å². The van der Waals surface area contributed by atoms with E-state index >= 15 is 0 Å². The van der Waals surface area contributed by atoms with Crippen LogP contribution in [0.5, 0.6) is 0 Å². The molecular weight excluding hydrogens is 188 g/mol. The molecule has 0 heterocycles. The second kappa shape index (κ2) is 7.24. The van der Waals surface area contributed by atoms with Crippen LogP contribution in [0.3, 0.4) is 0 Å². The highest BCUT2D eigenvalue weighted by Crippen LogP contribution is 2.22. The molecule has 0 aromatic heterocycles. The lowest BCUT2D eigenvalue weighted by Crippen LogP contribution is -2.30. The molecule has 0 aromatic carbocycles. The van der Waals surface area contributed by atoms with Crippen molar-refractivity contribution < 1.29 is 9.84 Å². The first kappa shape index (κ1) is 14.9. The van der Waals surface area contributed by atoms with Crippen LogP contribution in [0.25, 0.3) is 0 Å². The van der Waals surface area contributed by atoms with Gasteiger partial charge in [-0.3, -0.25) is 0 Å². The Bertz CT molecular complexity index is 149. The lowest BCUT2D eigenvalue weighted by molar-refractivity contribution is -0.166. The molecule has 0 aromatic rings. The van der Waals surface area contributed by atoms with Gasteiger partial charge in [0, 0.05) is 5.41 Å². The van der Waals surface area contributed by atoms with Gasteiger partial charge in [-0.05, 0) is 12.3 Å². The van der Waals surface area contributed by atoms with Gasteiger partial charge in [0.25, 0.3) is 0 Å². The summed E-state index contributed by atoms with van der Waals surface area (Å²) in [6.45, 7) is 11.1. The zero-order chi connectivity index (χ0) is 11.9. The lowest BCUT2D eigenvalue weighted by Gasteiger charge is -2.27. The summed E-state index contributed by atoms with van der Waals surface area (Å²) in [5.41, 5.74) is -0.178. The Labute approximate surface area is 95.0 Å². The van der Waals surface area contributed by atoms with Gasteiger partial charge in [-0.15, -0.1) is 0 Å². The molecule has 2 nitrogen and oxygen atoms in total. The summed E-state index contributed by atoms with van der Waals surface area (Å²) in [6.07, 6.45) is 4.19. The molecule has 15 heavy (non-hydrogen) atoms. The van der Waals surface area contributed by atoms with Crippen LogP contribution in [0.15, 0.2) is 0 Å². The molecule has 0 saturated heterocycles. The van der Waals surface area contributed by atoms with Gasteiger partial charge in [0.15, 0.2) is 6.29 Å². The van der Waals surface area contributed by atoms with Crippen molar-refractivity contribution in [2.45, 2.75) is 66.6 Å². The standard InChI is InChI=1S/C13H28O2/c1-6-8-9-11(7-2)10-15-12(14)13(3,4)5/h11-12,14H,6-10H2,1-5H3. The first-order valence-corrected chi connectivity index (χ1v) is 6.21. The molecule has 0 spiro atoms. The number of hydrogen-bond donors (Lipinski definition) is 1. The smallest absolute Gasteiger partial charge is 0.159 e. The number of aliphatic hydroxyl groups is 1. The molecule has 0 fully saturated rings. The first-order chi connectivity index (χ1) is 6.91. The minimum Gasteiger partial charge on any atom is -0.368 e. The Morgan fingerprint density at radius 1 is 1.20 bits per heavy atom. The summed E-state index contributed by atoms with van der Waals surface area (Å²) in [4.78, 5) is 0. The maximum atomic E-state index is 9.73. The topological polar surface area (TPSA) is 29.5 Å². The Hall–Kier alpha value is -0.0800.